The summed E-state index contributed by atoms with van der Waals surface area (Å²) in [5, 5.41) is 16.8. The number of hydrogen-bond donors (Lipinski definition) is 4. The molecule has 11 heteroatoms. The molecule has 0 bridgehead atoms. The van der Waals surface area contributed by atoms with Crippen molar-refractivity contribution >= 4 is 35.2 Å². The summed E-state index contributed by atoms with van der Waals surface area (Å²) in [6, 6.07) is 10.3. The summed E-state index contributed by atoms with van der Waals surface area (Å²) in [6.45, 7) is 0. The summed E-state index contributed by atoms with van der Waals surface area (Å²) >= 11 is 0. The number of nitrogens with zero attached hydrogens (tertiary/aromatic N) is 2. The minimum Gasteiger partial charge on any atom is -0.453 e. The maximum Gasteiger partial charge on any atom is 0.240 e. The van der Waals surface area contributed by atoms with Gasteiger partial charge in [-0.15, -0.1) is 0 Å². The molecule has 0 radical (unpaired) electrons. The smallest absolute Gasteiger partial charge is 0.240 e. The zero-order valence-corrected chi connectivity index (χ0v) is 17.6. The van der Waals surface area contributed by atoms with Crippen LogP contribution in [0.15, 0.2) is 59.9 Å². The van der Waals surface area contributed by atoms with Gasteiger partial charge in [0.1, 0.15) is 22.8 Å². The Bertz CT molecular complexity index is 1280. The van der Waals surface area contributed by atoms with Gasteiger partial charge in [0.05, 0.1) is 11.8 Å². The number of nitrogens with one attached hydrogen (secondary N) is 2. The van der Waals surface area contributed by atoms with Gasteiger partial charge >= 0.3 is 0 Å². The Morgan fingerprint density at radius 2 is 1.68 bits per heavy atom. The number of hydrogen-bond acceptors (Lipinski definition) is 7. The Morgan fingerprint density at radius 1 is 1.03 bits per heavy atom. The maximum atomic E-state index is 14.7. The molecule has 3 aromatic rings. The monoisotopic (exact) mass is 467 g/mol. The van der Waals surface area contributed by atoms with Crippen LogP contribution in [-0.2, 0) is 9.59 Å². The average Bonchev–Trinajstić information content (AvgIpc) is 3.62. The second-order valence-corrected chi connectivity index (χ2v) is 7.60. The molecule has 1 aliphatic carbocycles. The average molecular weight is 467 g/mol. The van der Waals surface area contributed by atoms with Crippen molar-refractivity contribution in [2.75, 3.05) is 16.4 Å². The summed E-state index contributed by atoms with van der Waals surface area (Å²) in [6.07, 6.45) is 3.01. The zero-order valence-electron chi connectivity index (χ0n) is 17.6. The molecule has 1 fully saturated rings. The van der Waals surface area contributed by atoms with Gasteiger partial charge in [0.2, 0.25) is 11.8 Å². The summed E-state index contributed by atoms with van der Waals surface area (Å²) in [5.74, 6) is -2.39. The molecule has 9 nitrogen and oxygen atoms in total. The predicted molar refractivity (Wildman–Crippen MR) is 120 cm³/mol. The standard InChI is InChI=1S/C23H19F2N5O4/c24-13-1-3-14(4-2-13)29-21(31)23(8-9-23)22(32)30-15-5-6-19(17(25)11-15)34-18-7-10-27-20(26)16(18)12-28-33/h1-7,10-12,33H,8-9H2,(H2,26,27)(H,29,31)(H,30,32)/b28-12+. The molecule has 1 heterocycles. The Morgan fingerprint density at radius 3 is 2.29 bits per heavy atom. The highest BCUT2D eigenvalue weighted by Gasteiger charge is 2.56. The van der Waals surface area contributed by atoms with Crippen LogP contribution < -0.4 is 21.1 Å². The van der Waals surface area contributed by atoms with Crippen molar-refractivity contribution in [1.29, 1.82) is 0 Å². The van der Waals surface area contributed by atoms with E-state index in [2.05, 4.69) is 20.8 Å². The molecule has 2 aromatic carbocycles. The molecule has 2 amide bonds. The highest BCUT2D eigenvalue weighted by atomic mass is 19.1. The van der Waals surface area contributed by atoms with Crippen molar-refractivity contribution in [2.45, 2.75) is 12.8 Å². The van der Waals surface area contributed by atoms with Crippen molar-refractivity contribution in [2.24, 2.45) is 10.6 Å². The van der Waals surface area contributed by atoms with Crippen LogP contribution in [0.4, 0.5) is 26.0 Å². The molecule has 1 aliphatic rings. The maximum absolute atomic E-state index is 14.7. The normalized spacial score (nSPS) is 13.9. The van der Waals surface area contributed by atoms with Gasteiger partial charge in [-0.2, -0.15) is 0 Å². The minimum absolute atomic E-state index is 0.0215. The molecule has 1 saturated carbocycles. The van der Waals surface area contributed by atoms with Gasteiger partial charge in [-0.25, -0.2) is 13.8 Å². The number of carbonyl (C=O) groups is 2. The molecule has 0 atom stereocenters. The third-order valence-electron chi connectivity index (χ3n) is 5.30. The van der Waals surface area contributed by atoms with Crippen molar-refractivity contribution in [1.82, 2.24) is 4.98 Å². The lowest BCUT2D eigenvalue weighted by Crippen LogP contribution is -2.35. The van der Waals surface area contributed by atoms with E-state index in [9.17, 15) is 18.4 Å². The lowest BCUT2D eigenvalue weighted by molar-refractivity contribution is -0.131. The van der Waals surface area contributed by atoms with E-state index in [1.54, 1.807) is 0 Å². The number of carbonyl (C=O) groups excluding carboxylic acids is 2. The first-order valence-corrected chi connectivity index (χ1v) is 10.1. The van der Waals surface area contributed by atoms with Crippen LogP contribution in [0.1, 0.15) is 18.4 Å². The van der Waals surface area contributed by atoms with E-state index in [0.29, 0.717) is 18.5 Å². The van der Waals surface area contributed by atoms with E-state index < -0.39 is 28.9 Å². The van der Waals surface area contributed by atoms with Gasteiger partial charge in [0, 0.05) is 23.6 Å². The Kier molecular flexibility index (Phi) is 6.09. The number of anilines is 3. The first-order valence-electron chi connectivity index (χ1n) is 10.1. The van der Waals surface area contributed by atoms with Crippen LogP contribution in [-0.4, -0.2) is 28.2 Å². The van der Waals surface area contributed by atoms with E-state index in [0.717, 1.165) is 12.3 Å². The number of benzene rings is 2. The second-order valence-electron chi connectivity index (χ2n) is 7.60. The largest absolute Gasteiger partial charge is 0.453 e. The molecule has 5 N–H and O–H groups in total. The molecule has 4 rings (SSSR count). The molecule has 1 aromatic heterocycles. The first-order chi connectivity index (χ1) is 16.3. The van der Waals surface area contributed by atoms with Crippen molar-refractivity contribution in [3.8, 4) is 11.5 Å². The number of oxime groups is 1. The Balaban J connectivity index is 1.45. The Labute approximate surface area is 192 Å². The minimum atomic E-state index is -1.28. The van der Waals surface area contributed by atoms with Crippen molar-refractivity contribution in [3.63, 3.8) is 0 Å². The number of nitrogen functional groups attached to an aromatic ring is 1. The predicted octanol–water partition coefficient (Wildman–Crippen LogP) is 3.90. The van der Waals surface area contributed by atoms with Crippen molar-refractivity contribution in [3.05, 3.63) is 71.9 Å². The van der Waals surface area contributed by atoms with Crippen LogP contribution in [0.2, 0.25) is 0 Å². The molecular weight excluding hydrogens is 448 g/mol. The van der Waals surface area contributed by atoms with Crippen LogP contribution in [0, 0.1) is 17.0 Å². The van der Waals surface area contributed by atoms with Crippen LogP contribution in [0.5, 0.6) is 11.5 Å². The van der Waals surface area contributed by atoms with Gasteiger partial charge in [-0.05, 0) is 55.3 Å². The molecular formula is C23H19F2N5O4. The van der Waals surface area contributed by atoms with E-state index >= 15 is 0 Å². The highest BCUT2D eigenvalue weighted by molar-refractivity contribution is 6.16. The molecule has 0 unspecified atom stereocenters. The number of nitrogens with two attached hydrogens (primary N) is 1. The fourth-order valence-corrected chi connectivity index (χ4v) is 3.24. The summed E-state index contributed by atoms with van der Waals surface area (Å²) in [4.78, 5) is 29.3. The SMILES string of the molecule is Nc1nccc(Oc2ccc(NC(=O)C3(C(=O)Nc4ccc(F)cc4)CC3)cc2F)c1/C=N/O. The van der Waals surface area contributed by atoms with E-state index in [4.69, 9.17) is 15.7 Å². The van der Waals surface area contributed by atoms with Gasteiger partial charge in [-0.1, -0.05) is 5.16 Å². The summed E-state index contributed by atoms with van der Waals surface area (Å²) in [7, 11) is 0. The van der Waals surface area contributed by atoms with E-state index in [-0.39, 0.29) is 28.6 Å². The molecule has 34 heavy (non-hydrogen) atoms. The van der Waals surface area contributed by atoms with E-state index in [1.807, 2.05) is 0 Å². The summed E-state index contributed by atoms with van der Waals surface area (Å²) < 4.78 is 33.3. The molecule has 0 aliphatic heterocycles. The van der Waals surface area contributed by atoms with Crippen molar-refractivity contribution < 1.29 is 28.3 Å². The third-order valence-corrected chi connectivity index (χ3v) is 5.30. The third kappa shape index (κ3) is 4.63. The summed E-state index contributed by atoms with van der Waals surface area (Å²) in [5.41, 5.74) is 5.08. The quantitative estimate of drug-likeness (QED) is 0.180. The number of amides is 2. The van der Waals surface area contributed by atoms with E-state index in [1.165, 1.54) is 48.7 Å². The lowest BCUT2D eigenvalue weighted by atomic mass is 10.0. The van der Waals surface area contributed by atoms with Gasteiger partial charge in [0.15, 0.2) is 11.6 Å². The number of pyridine rings is 1. The second kappa shape index (κ2) is 9.14. The number of aromatic nitrogens is 1. The molecule has 174 valence electrons. The number of ether oxygens (including phenoxy) is 1. The fraction of sp³-hybridized carbons (Fsp3) is 0.130. The zero-order chi connectivity index (χ0) is 24.3. The molecule has 0 saturated heterocycles. The Hall–Kier alpha value is -4.54. The van der Waals surface area contributed by atoms with Gasteiger partial charge in [-0.3, -0.25) is 9.59 Å². The number of halogens is 2. The van der Waals surface area contributed by atoms with Crippen LogP contribution >= 0.6 is 0 Å². The topological polar surface area (TPSA) is 139 Å². The van der Waals surface area contributed by atoms with Gasteiger partial charge < -0.3 is 26.3 Å². The number of rotatable bonds is 7. The fourth-order valence-electron chi connectivity index (χ4n) is 3.24. The van der Waals surface area contributed by atoms with Crippen LogP contribution in [0.3, 0.4) is 0 Å². The van der Waals surface area contributed by atoms with Gasteiger partial charge in [0.25, 0.3) is 0 Å². The first kappa shape index (κ1) is 22.6. The highest BCUT2D eigenvalue weighted by Crippen LogP contribution is 2.47. The molecule has 0 spiro atoms. The lowest BCUT2D eigenvalue weighted by Gasteiger charge is -2.16. The van der Waals surface area contributed by atoms with Crippen LogP contribution in [0.25, 0.3) is 0 Å².